The maximum atomic E-state index is 12.0. The van der Waals surface area contributed by atoms with Crippen LogP contribution in [0.25, 0.3) is 0 Å². The van der Waals surface area contributed by atoms with Gasteiger partial charge in [-0.25, -0.2) is 0 Å². The van der Waals surface area contributed by atoms with Gasteiger partial charge in [-0.15, -0.1) is 11.3 Å². The highest BCUT2D eigenvalue weighted by Gasteiger charge is 2.34. The van der Waals surface area contributed by atoms with Crippen LogP contribution in [0.1, 0.15) is 22.5 Å². The molecular weight excluding hydrogens is 256 g/mol. The van der Waals surface area contributed by atoms with E-state index in [0.717, 1.165) is 12.8 Å². The third-order valence-corrected chi connectivity index (χ3v) is 3.89. The summed E-state index contributed by atoms with van der Waals surface area (Å²) in [6.07, 6.45) is 2.15. The van der Waals surface area contributed by atoms with Crippen LogP contribution in [0.15, 0.2) is 11.4 Å². The largest absolute Gasteiger partial charge is 0.495 e. The number of carbonyl (C=O) groups excluding carboxylic acids is 1. The first-order valence-electron chi connectivity index (χ1n) is 5.35. The Morgan fingerprint density at radius 1 is 1.71 bits per heavy atom. The van der Waals surface area contributed by atoms with E-state index >= 15 is 0 Å². The predicted molar refractivity (Wildman–Crippen MR) is 71.6 cm³/mol. The van der Waals surface area contributed by atoms with Gasteiger partial charge in [0.05, 0.1) is 18.1 Å². The summed E-state index contributed by atoms with van der Waals surface area (Å²) >= 11 is 6.32. The Bertz CT molecular complexity index is 440. The van der Waals surface area contributed by atoms with Crippen LogP contribution in [0.4, 0.5) is 0 Å². The molecule has 1 heterocycles. The Kier molecular flexibility index (Phi) is 3.63. The SMILES string of the molecule is COc1ccsc1C(=O)NC(C(N)=S)C1CC1. The molecule has 17 heavy (non-hydrogen) atoms. The minimum Gasteiger partial charge on any atom is -0.495 e. The van der Waals surface area contributed by atoms with E-state index in [1.807, 2.05) is 5.38 Å². The van der Waals surface area contributed by atoms with Gasteiger partial charge in [0.15, 0.2) is 0 Å². The molecule has 1 atom stereocenters. The Morgan fingerprint density at radius 2 is 2.41 bits per heavy atom. The van der Waals surface area contributed by atoms with E-state index in [9.17, 15) is 4.79 Å². The molecule has 0 spiro atoms. The minimum absolute atomic E-state index is 0.165. The van der Waals surface area contributed by atoms with E-state index in [2.05, 4.69) is 5.32 Å². The highest BCUT2D eigenvalue weighted by atomic mass is 32.1. The number of ether oxygens (including phenoxy) is 1. The van der Waals surface area contributed by atoms with Crippen LogP contribution in [-0.4, -0.2) is 24.0 Å². The first-order valence-corrected chi connectivity index (χ1v) is 6.64. The fraction of sp³-hybridized carbons (Fsp3) is 0.455. The Morgan fingerprint density at radius 3 is 2.94 bits per heavy atom. The third kappa shape index (κ3) is 2.76. The van der Waals surface area contributed by atoms with Crippen molar-refractivity contribution in [3.8, 4) is 5.75 Å². The second-order valence-electron chi connectivity index (χ2n) is 4.01. The van der Waals surface area contributed by atoms with Crippen molar-refractivity contribution in [3.63, 3.8) is 0 Å². The van der Waals surface area contributed by atoms with E-state index in [1.54, 1.807) is 13.2 Å². The van der Waals surface area contributed by atoms with Crippen molar-refractivity contribution >= 4 is 34.5 Å². The highest BCUT2D eigenvalue weighted by molar-refractivity contribution is 7.80. The number of thiocarbonyl (C=S) groups is 1. The Hall–Kier alpha value is -1.14. The van der Waals surface area contributed by atoms with Crippen molar-refractivity contribution < 1.29 is 9.53 Å². The van der Waals surface area contributed by atoms with Crippen molar-refractivity contribution in [2.45, 2.75) is 18.9 Å². The lowest BCUT2D eigenvalue weighted by Crippen LogP contribution is -2.44. The third-order valence-electron chi connectivity index (χ3n) is 2.74. The molecule has 1 aromatic rings. The molecule has 6 heteroatoms. The van der Waals surface area contributed by atoms with Gasteiger partial charge in [-0.2, -0.15) is 0 Å². The maximum Gasteiger partial charge on any atom is 0.265 e. The minimum atomic E-state index is -0.190. The Balaban J connectivity index is 2.07. The summed E-state index contributed by atoms with van der Waals surface area (Å²) in [6.45, 7) is 0. The fourth-order valence-electron chi connectivity index (χ4n) is 1.68. The van der Waals surface area contributed by atoms with Crippen LogP contribution in [-0.2, 0) is 0 Å². The topological polar surface area (TPSA) is 64.3 Å². The summed E-state index contributed by atoms with van der Waals surface area (Å²) in [5.41, 5.74) is 5.64. The van der Waals surface area contributed by atoms with Crippen LogP contribution < -0.4 is 15.8 Å². The van der Waals surface area contributed by atoms with Crippen LogP contribution in [0.3, 0.4) is 0 Å². The number of hydrogen-bond acceptors (Lipinski definition) is 4. The molecule has 3 N–H and O–H groups in total. The number of carbonyl (C=O) groups is 1. The normalized spacial score (nSPS) is 16.3. The lowest BCUT2D eigenvalue weighted by atomic mass is 10.2. The van der Waals surface area contributed by atoms with Crippen LogP contribution >= 0.6 is 23.6 Å². The van der Waals surface area contributed by atoms with Gasteiger partial charge in [-0.1, -0.05) is 12.2 Å². The molecule has 1 aromatic heterocycles. The molecule has 0 bridgehead atoms. The molecule has 1 unspecified atom stereocenters. The monoisotopic (exact) mass is 270 g/mol. The van der Waals surface area contributed by atoms with Crippen molar-refractivity contribution in [2.75, 3.05) is 7.11 Å². The zero-order valence-electron chi connectivity index (χ0n) is 9.43. The zero-order chi connectivity index (χ0) is 12.4. The predicted octanol–water partition coefficient (Wildman–Crippen LogP) is 1.55. The van der Waals surface area contributed by atoms with Gasteiger partial charge in [0.2, 0.25) is 0 Å². The lowest BCUT2D eigenvalue weighted by molar-refractivity contribution is 0.0945. The molecule has 0 radical (unpaired) electrons. The lowest BCUT2D eigenvalue weighted by Gasteiger charge is -2.16. The molecule has 1 aliphatic rings. The van der Waals surface area contributed by atoms with Crippen molar-refractivity contribution in [2.24, 2.45) is 11.7 Å². The van der Waals surface area contributed by atoms with E-state index in [4.69, 9.17) is 22.7 Å². The van der Waals surface area contributed by atoms with E-state index in [1.165, 1.54) is 11.3 Å². The van der Waals surface area contributed by atoms with E-state index in [-0.39, 0.29) is 11.9 Å². The fourth-order valence-corrected chi connectivity index (χ4v) is 2.69. The molecular formula is C11H14N2O2S2. The average molecular weight is 270 g/mol. The van der Waals surface area contributed by atoms with Gasteiger partial charge >= 0.3 is 0 Å². The zero-order valence-corrected chi connectivity index (χ0v) is 11.1. The molecule has 1 aliphatic carbocycles. The standard InChI is InChI=1S/C11H14N2O2S2/c1-15-7-4-5-17-9(7)11(14)13-8(10(12)16)6-2-3-6/h4-6,8H,2-3H2,1H3,(H2,12,16)(H,13,14). The molecule has 1 amide bonds. The number of nitrogens with two attached hydrogens (primary N) is 1. The van der Waals surface area contributed by atoms with Gasteiger partial charge in [0.25, 0.3) is 5.91 Å². The first-order chi connectivity index (χ1) is 8.13. The second kappa shape index (κ2) is 5.01. The number of amides is 1. The average Bonchev–Trinajstić information content (AvgIpc) is 3.01. The summed E-state index contributed by atoms with van der Waals surface area (Å²) in [4.78, 5) is 13.0. The molecule has 2 rings (SSSR count). The van der Waals surface area contributed by atoms with Gasteiger partial charge in [0.1, 0.15) is 10.6 Å². The van der Waals surface area contributed by atoms with Crippen molar-refractivity contribution in [3.05, 3.63) is 16.3 Å². The van der Waals surface area contributed by atoms with Crippen molar-refractivity contribution in [1.29, 1.82) is 0 Å². The van der Waals surface area contributed by atoms with Gasteiger partial charge in [0, 0.05) is 0 Å². The number of methoxy groups -OCH3 is 1. The summed E-state index contributed by atoms with van der Waals surface area (Å²) in [5, 5.41) is 4.70. The maximum absolute atomic E-state index is 12.0. The van der Waals surface area contributed by atoms with Crippen LogP contribution in [0, 0.1) is 5.92 Å². The first kappa shape index (κ1) is 12.3. The van der Waals surface area contributed by atoms with E-state index in [0.29, 0.717) is 21.5 Å². The summed E-state index contributed by atoms with van der Waals surface area (Å²) in [6, 6.07) is 1.58. The molecule has 0 aromatic carbocycles. The number of nitrogens with one attached hydrogen (secondary N) is 1. The molecule has 0 saturated heterocycles. The molecule has 4 nitrogen and oxygen atoms in total. The number of hydrogen-bond donors (Lipinski definition) is 2. The van der Waals surface area contributed by atoms with Crippen LogP contribution in [0.5, 0.6) is 5.75 Å². The molecule has 1 saturated carbocycles. The van der Waals surface area contributed by atoms with Crippen LogP contribution in [0.2, 0.25) is 0 Å². The summed E-state index contributed by atoms with van der Waals surface area (Å²) in [7, 11) is 1.55. The van der Waals surface area contributed by atoms with Gasteiger partial charge in [-0.3, -0.25) is 4.79 Å². The molecule has 0 aliphatic heterocycles. The summed E-state index contributed by atoms with van der Waals surface area (Å²) < 4.78 is 5.11. The highest BCUT2D eigenvalue weighted by Crippen LogP contribution is 2.33. The molecule has 1 fully saturated rings. The Labute approximate surface area is 109 Å². The second-order valence-corrected chi connectivity index (χ2v) is 5.40. The van der Waals surface area contributed by atoms with Gasteiger partial charge < -0.3 is 15.8 Å². The van der Waals surface area contributed by atoms with E-state index < -0.39 is 0 Å². The summed E-state index contributed by atoms with van der Waals surface area (Å²) in [5.74, 6) is 0.828. The smallest absolute Gasteiger partial charge is 0.265 e. The quantitative estimate of drug-likeness (QED) is 0.797. The molecule has 92 valence electrons. The number of thiophene rings is 1. The van der Waals surface area contributed by atoms with Gasteiger partial charge in [-0.05, 0) is 30.2 Å². The number of rotatable bonds is 5. The van der Waals surface area contributed by atoms with Crippen molar-refractivity contribution in [1.82, 2.24) is 5.32 Å².